The highest BCUT2D eigenvalue weighted by atomic mass is 15.2. The quantitative estimate of drug-likeness (QED) is 0.757. The minimum atomic E-state index is 0.523. The first-order valence-electron chi connectivity index (χ1n) is 5.65. The van der Waals surface area contributed by atoms with E-state index >= 15 is 0 Å². The Morgan fingerprint density at radius 2 is 2.38 bits per heavy atom. The van der Waals surface area contributed by atoms with E-state index in [1.165, 1.54) is 5.56 Å². The fraction of sp³-hybridized carbons (Fsp3) is 0.583. The first kappa shape index (κ1) is 12.9. The SMILES string of the molecule is C=Cn1cc(CNC(C)CCN(C)C)cn1. The summed E-state index contributed by atoms with van der Waals surface area (Å²) < 4.78 is 1.72. The first-order chi connectivity index (χ1) is 7.61. The van der Waals surface area contributed by atoms with E-state index in [0.29, 0.717) is 6.04 Å². The molecule has 4 nitrogen and oxygen atoms in total. The molecule has 0 radical (unpaired) electrons. The molecular weight excluding hydrogens is 200 g/mol. The molecule has 1 heterocycles. The van der Waals surface area contributed by atoms with Gasteiger partial charge in [-0.15, -0.1) is 0 Å². The van der Waals surface area contributed by atoms with E-state index in [0.717, 1.165) is 19.5 Å². The molecule has 0 spiro atoms. The summed E-state index contributed by atoms with van der Waals surface area (Å²) in [5.41, 5.74) is 1.19. The molecule has 0 aromatic carbocycles. The summed E-state index contributed by atoms with van der Waals surface area (Å²) in [5, 5.41) is 7.61. The van der Waals surface area contributed by atoms with Gasteiger partial charge in [-0.2, -0.15) is 5.10 Å². The van der Waals surface area contributed by atoms with E-state index < -0.39 is 0 Å². The minimum absolute atomic E-state index is 0.523. The number of hydrogen-bond donors (Lipinski definition) is 1. The average Bonchev–Trinajstić information content (AvgIpc) is 2.71. The van der Waals surface area contributed by atoms with Crippen LogP contribution in [0.25, 0.3) is 6.20 Å². The summed E-state index contributed by atoms with van der Waals surface area (Å²) >= 11 is 0. The maximum atomic E-state index is 4.14. The summed E-state index contributed by atoms with van der Waals surface area (Å²) in [4.78, 5) is 2.20. The van der Waals surface area contributed by atoms with Gasteiger partial charge in [-0.25, -0.2) is 4.68 Å². The summed E-state index contributed by atoms with van der Waals surface area (Å²) in [5.74, 6) is 0. The fourth-order valence-corrected chi connectivity index (χ4v) is 1.41. The van der Waals surface area contributed by atoms with Crippen LogP contribution in [0.5, 0.6) is 0 Å². The van der Waals surface area contributed by atoms with Gasteiger partial charge in [0, 0.05) is 30.5 Å². The van der Waals surface area contributed by atoms with Gasteiger partial charge in [-0.3, -0.25) is 0 Å². The number of nitrogens with one attached hydrogen (secondary N) is 1. The van der Waals surface area contributed by atoms with Crippen molar-refractivity contribution in [3.8, 4) is 0 Å². The van der Waals surface area contributed by atoms with Crippen molar-refractivity contribution in [2.24, 2.45) is 0 Å². The van der Waals surface area contributed by atoms with Gasteiger partial charge in [0.15, 0.2) is 0 Å². The van der Waals surface area contributed by atoms with E-state index in [1.807, 2.05) is 12.4 Å². The third-order valence-electron chi connectivity index (χ3n) is 2.51. The second-order valence-electron chi connectivity index (χ2n) is 4.39. The van der Waals surface area contributed by atoms with Crippen LogP contribution in [0.4, 0.5) is 0 Å². The second kappa shape index (κ2) is 6.45. The summed E-state index contributed by atoms with van der Waals surface area (Å²) in [6.07, 6.45) is 6.70. The Morgan fingerprint density at radius 1 is 1.62 bits per heavy atom. The van der Waals surface area contributed by atoms with Crippen LogP contribution in [-0.4, -0.2) is 41.4 Å². The highest BCUT2D eigenvalue weighted by Crippen LogP contribution is 1.99. The molecule has 0 aliphatic rings. The third kappa shape index (κ3) is 4.59. The zero-order valence-electron chi connectivity index (χ0n) is 10.5. The predicted molar refractivity (Wildman–Crippen MR) is 68.1 cm³/mol. The summed E-state index contributed by atoms with van der Waals surface area (Å²) in [7, 11) is 4.20. The van der Waals surface area contributed by atoms with E-state index in [4.69, 9.17) is 0 Å². The van der Waals surface area contributed by atoms with E-state index in [-0.39, 0.29) is 0 Å². The monoisotopic (exact) mass is 222 g/mol. The zero-order valence-corrected chi connectivity index (χ0v) is 10.5. The van der Waals surface area contributed by atoms with Gasteiger partial charge in [0.25, 0.3) is 0 Å². The standard InChI is InChI=1S/C12H22N4/c1-5-16-10-12(9-14-16)8-13-11(2)6-7-15(3)4/h5,9-11,13H,1,6-8H2,2-4H3. The molecule has 0 saturated carbocycles. The lowest BCUT2D eigenvalue weighted by atomic mass is 10.2. The Bertz CT molecular complexity index is 317. The van der Waals surface area contributed by atoms with Crippen LogP contribution in [0.1, 0.15) is 18.9 Å². The second-order valence-corrected chi connectivity index (χ2v) is 4.39. The van der Waals surface area contributed by atoms with Gasteiger partial charge in [0.05, 0.1) is 6.20 Å². The Balaban J connectivity index is 2.25. The highest BCUT2D eigenvalue weighted by Gasteiger charge is 2.03. The van der Waals surface area contributed by atoms with Gasteiger partial charge >= 0.3 is 0 Å². The molecule has 16 heavy (non-hydrogen) atoms. The molecule has 4 heteroatoms. The Kier molecular flexibility index (Phi) is 5.22. The molecule has 1 aromatic rings. The summed E-state index contributed by atoms with van der Waals surface area (Å²) in [6, 6.07) is 0.523. The van der Waals surface area contributed by atoms with Crippen LogP contribution >= 0.6 is 0 Å². The van der Waals surface area contributed by atoms with Crippen LogP contribution < -0.4 is 5.32 Å². The molecule has 1 unspecified atom stereocenters. The van der Waals surface area contributed by atoms with Crippen molar-refractivity contribution < 1.29 is 0 Å². The molecular formula is C12H22N4. The molecule has 90 valence electrons. The van der Waals surface area contributed by atoms with E-state index in [2.05, 4.69) is 42.9 Å². The molecule has 0 amide bonds. The van der Waals surface area contributed by atoms with Crippen molar-refractivity contribution >= 4 is 6.20 Å². The normalized spacial score (nSPS) is 13.0. The molecule has 1 aromatic heterocycles. The molecule has 1 N–H and O–H groups in total. The van der Waals surface area contributed by atoms with Crippen LogP contribution in [0.3, 0.4) is 0 Å². The molecule has 1 atom stereocenters. The predicted octanol–water partition coefficient (Wildman–Crippen LogP) is 1.41. The maximum absolute atomic E-state index is 4.14. The molecule has 0 aliphatic carbocycles. The number of rotatable bonds is 7. The lowest BCUT2D eigenvalue weighted by Crippen LogP contribution is -2.29. The van der Waals surface area contributed by atoms with Crippen LogP contribution in [0.15, 0.2) is 19.0 Å². The Morgan fingerprint density at radius 3 is 2.94 bits per heavy atom. The topological polar surface area (TPSA) is 33.1 Å². The van der Waals surface area contributed by atoms with Gasteiger partial charge in [0.2, 0.25) is 0 Å². The molecule has 0 aliphatic heterocycles. The molecule has 0 fully saturated rings. The first-order valence-corrected chi connectivity index (χ1v) is 5.65. The van der Waals surface area contributed by atoms with E-state index in [1.54, 1.807) is 10.9 Å². The van der Waals surface area contributed by atoms with Gasteiger partial charge in [-0.1, -0.05) is 6.58 Å². The van der Waals surface area contributed by atoms with Crippen molar-refractivity contribution in [1.82, 2.24) is 20.0 Å². The maximum Gasteiger partial charge on any atom is 0.0538 e. The van der Waals surface area contributed by atoms with Crippen LogP contribution in [-0.2, 0) is 6.54 Å². The zero-order chi connectivity index (χ0) is 12.0. The lowest BCUT2D eigenvalue weighted by molar-refractivity contribution is 0.365. The van der Waals surface area contributed by atoms with Crippen LogP contribution in [0, 0.1) is 0 Å². The smallest absolute Gasteiger partial charge is 0.0538 e. The van der Waals surface area contributed by atoms with E-state index in [9.17, 15) is 0 Å². The Labute approximate surface area is 97.9 Å². The van der Waals surface area contributed by atoms with Gasteiger partial charge in [0.1, 0.15) is 0 Å². The summed E-state index contributed by atoms with van der Waals surface area (Å²) in [6.45, 7) is 7.85. The minimum Gasteiger partial charge on any atom is -0.310 e. The molecule has 0 bridgehead atoms. The van der Waals surface area contributed by atoms with Crippen molar-refractivity contribution in [3.63, 3.8) is 0 Å². The largest absolute Gasteiger partial charge is 0.310 e. The van der Waals surface area contributed by atoms with Crippen molar-refractivity contribution in [3.05, 3.63) is 24.5 Å². The van der Waals surface area contributed by atoms with Crippen molar-refractivity contribution in [2.45, 2.75) is 25.9 Å². The van der Waals surface area contributed by atoms with Gasteiger partial charge < -0.3 is 10.2 Å². The number of aromatic nitrogens is 2. The number of nitrogens with zero attached hydrogens (tertiary/aromatic N) is 3. The molecule has 0 saturated heterocycles. The highest BCUT2D eigenvalue weighted by molar-refractivity contribution is 5.17. The molecule has 1 rings (SSSR count). The average molecular weight is 222 g/mol. The Hall–Kier alpha value is -1.13. The number of hydrogen-bond acceptors (Lipinski definition) is 3. The fourth-order valence-electron chi connectivity index (χ4n) is 1.41. The van der Waals surface area contributed by atoms with Gasteiger partial charge in [-0.05, 0) is 34.0 Å². The van der Waals surface area contributed by atoms with Crippen molar-refractivity contribution in [1.29, 1.82) is 0 Å². The lowest BCUT2D eigenvalue weighted by Gasteiger charge is -2.16. The third-order valence-corrected chi connectivity index (χ3v) is 2.51. The van der Waals surface area contributed by atoms with Crippen LogP contribution in [0.2, 0.25) is 0 Å². The van der Waals surface area contributed by atoms with Crippen molar-refractivity contribution in [2.75, 3.05) is 20.6 Å².